The molecule has 0 saturated heterocycles. The van der Waals surface area contributed by atoms with Crippen LogP contribution in [0.3, 0.4) is 0 Å². The summed E-state index contributed by atoms with van der Waals surface area (Å²) in [6.07, 6.45) is 2.10. The molecule has 18 heavy (non-hydrogen) atoms. The minimum Gasteiger partial charge on any atom is -0.331 e. The molecule has 5 nitrogen and oxygen atoms in total. The number of nitrogens with zero attached hydrogens (tertiary/aromatic N) is 1. The van der Waals surface area contributed by atoms with Crippen LogP contribution in [0.15, 0.2) is 23.1 Å². The summed E-state index contributed by atoms with van der Waals surface area (Å²) in [7, 11) is -3.68. The minimum absolute atomic E-state index is 0.0916. The second-order valence-electron chi connectivity index (χ2n) is 4.16. The van der Waals surface area contributed by atoms with Crippen LogP contribution in [0.4, 0.5) is 0 Å². The second-order valence-corrected chi connectivity index (χ2v) is 6.11. The van der Waals surface area contributed by atoms with Crippen molar-refractivity contribution in [3.8, 4) is 0 Å². The molecule has 0 unspecified atom stereocenters. The Labute approximate surface area is 111 Å². The molecule has 0 saturated carbocycles. The first-order valence-electron chi connectivity index (χ1n) is 5.69. The first kappa shape index (κ1) is 13.3. The number of H-pyrrole nitrogens is 1. The molecule has 7 heteroatoms. The highest BCUT2D eigenvalue weighted by Gasteiger charge is 2.11. The Morgan fingerprint density at radius 3 is 2.78 bits per heavy atom. The molecule has 0 spiro atoms. The maximum Gasteiger partial charge on any atom is 0.238 e. The fraction of sp³-hybridized carbons (Fsp3) is 0.364. The number of hydrogen-bond acceptors (Lipinski definition) is 3. The van der Waals surface area contributed by atoms with Gasteiger partial charge in [0.25, 0.3) is 0 Å². The molecule has 0 aliphatic rings. The molecule has 0 radical (unpaired) electrons. The van der Waals surface area contributed by atoms with E-state index in [-0.39, 0.29) is 4.90 Å². The summed E-state index contributed by atoms with van der Waals surface area (Å²) >= 11 is 5.23. The zero-order valence-corrected chi connectivity index (χ0v) is 11.6. The van der Waals surface area contributed by atoms with Crippen LogP contribution in [-0.4, -0.2) is 18.0 Å². The number of aromatic nitrogens is 2. The molecular weight excluding hydrogens is 270 g/mol. The van der Waals surface area contributed by atoms with Gasteiger partial charge in [0, 0.05) is 6.54 Å². The maximum atomic E-state index is 11.3. The zero-order chi connectivity index (χ0) is 13.3. The van der Waals surface area contributed by atoms with Crippen molar-refractivity contribution in [1.29, 1.82) is 0 Å². The number of fused-ring (bicyclic) bond motifs is 1. The van der Waals surface area contributed by atoms with Gasteiger partial charge in [-0.15, -0.1) is 0 Å². The largest absolute Gasteiger partial charge is 0.331 e. The summed E-state index contributed by atoms with van der Waals surface area (Å²) in [5, 5.41) is 5.10. The topological polar surface area (TPSA) is 80.9 Å². The van der Waals surface area contributed by atoms with Gasteiger partial charge in [0.2, 0.25) is 10.0 Å². The quantitative estimate of drug-likeness (QED) is 0.845. The predicted octanol–water partition coefficient (Wildman–Crippen LogP) is 2.15. The van der Waals surface area contributed by atoms with Gasteiger partial charge in [-0.3, -0.25) is 0 Å². The van der Waals surface area contributed by atoms with Gasteiger partial charge >= 0.3 is 0 Å². The number of sulfonamides is 1. The predicted molar refractivity (Wildman–Crippen MR) is 73.4 cm³/mol. The number of nitrogens with two attached hydrogens (primary N) is 1. The van der Waals surface area contributed by atoms with E-state index < -0.39 is 10.0 Å². The number of imidazole rings is 1. The number of unbranched alkanes of at least 4 members (excludes halogenated alkanes) is 1. The van der Waals surface area contributed by atoms with Gasteiger partial charge in [-0.05, 0) is 36.8 Å². The van der Waals surface area contributed by atoms with Crippen molar-refractivity contribution in [3.63, 3.8) is 0 Å². The van der Waals surface area contributed by atoms with Crippen molar-refractivity contribution in [3.05, 3.63) is 23.0 Å². The lowest BCUT2D eigenvalue weighted by molar-refractivity contribution is 0.598. The summed E-state index contributed by atoms with van der Waals surface area (Å²) in [5.74, 6) is 0. The third-order valence-electron chi connectivity index (χ3n) is 2.81. The van der Waals surface area contributed by atoms with Gasteiger partial charge in [-0.2, -0.15) is 0 Å². The lowest BCUT2D eigenvalue weighted by Crippen LogP contribution is -2.11. The lowest BCUT2D eigenvalue weighted by atomic mass is 10.3. The molecule has 2 rings (SSSR count). The Morgan fingerprint density at radius 1 is 1.44 bits per heavy atom. The number of aryl methyl sites for hydroxylation is 1. The van der Waals surface area contributed by atoms with Crippen molar-refractivity contribution in [2.24, 2.45) is 5.14 Å². The molecule has 1 aromatic carbocycles. The van der Waals surface area contributed by atoms with Gasteiger partial charge in [0.05, 0.1) is 15.9 Å². The first-order valence-corrected chi connectivity index (χ1v) is 7.64. The number of nitrogens with one attached hydrogen (secondary N) is 1. The molecule has 1 aromatic heterocycles. The van der Waals surface area contributed by atoms with Gasteiger partial charge in [0.15, 0.2) is 4.77 Å². The summed E-state index contributed by atoms with van der Waals surface area (Å²) < 4.78 is 25.1. The molecule has 98 valence electrons. The number of rotatable bonds is 4. The number of benzene rings is 1. The highest BCUT2D eigenvalue weighted by Crippen LogP contribution is 2.19. The molecule has 0 aliphatic carbocycles. The van der Waals surface area contributed by atoms with Crippen LogP contribution in [0.25, 0.3) is 11.0 Å². The average molecular weight is 285 g/mol. The Bertz CT molecular complexity index is 728. The van der Waals surface area contributed by atoms with E-state index in [0.29, 0.717) is 10.3 Å². The smallest absolute Gasteiger partial charge is 0.238 e. The van der Waals surface area contributed by atoms with Gasteiger partial charge in [-0.25, -0.2) is 13.6 Å². The molecule has 0 bridgehead atoms. The standard InChI is InChI=1S/C11H15N3O2S2/c1-2-3-6-14-10-5-4-8(18(12,15)16)7-9(10)13-11(14)17/h4-5,7H,2-3,6H2,1H3,(H,13,17)(H2,12,15,16). The summed E-state index contributed by atoms with van der Waals surface area (Å²) in [5.41, 5.74) is 1.60. The fourth-order valence-corrected chi connectivity index (χ4v) is 2.70. The van der Waals surface area contributed by atoms with Crippen molar-refractivity contribution in [2.75, 3.05) is 0 Å². The van der Waals surface area contributed by atoms with E-state index in [0.717, 1.165) is 24.9 Å². The minimum atomic E-state index is -3.68. The molecule has 0 atom stereocenters. The van der Waals surface area contributed by atoms with Crippen molar-refractivity contribution in [2.45, 2.75) is 31.2 Å². The monoisotopic (exact) mass is 285 g/mol. The first-order chi connectivity index (χ1) is 8.43. The highest BCUT2D eigenvalue weighted by atomic mass is 32.2. The SMILES string of the molecule is CCCCn1c(=S)[nH]c2cc(S(N)(=O)=O)ccc21. The molecule has 3 N–H and O–H groups in total. The van der Waals surface area contributed by atoms with E-state index in [2.05, 4.69) is 11.9 Å². The van der Waals surface area contributed by atoms with Crippen LogP contribution < -0.4 is 5.14 Å². The van der Waals surface area contributed by atoms with Gasteiger partial charge in [-0.1, -0.05) is 13.3 Å². The normalized spacial score (nSPS) is 12.1. The van der Waals surface area contributed by atoms with Crippen molar-refractivity contribution < 1.29 is 8.42 Å². The number of aromatic amines is 1. The van der Waals surface area contributed by atoms with Crippen LogP contribution in [0.1, 0.15) is 19.8 Å². The van der Waals surface area contributed by atoms with E-state index in [9.17, 15) is 8.42 Å². The Morgan fingerprint density at radius 2 is 2.17 bits per heavy atom. The maximum absolute atomic E-state index is 11.3. The van der Waals surface area contributed by atoms with Gasteiger partial charge < -0.3 is 9.55 Å². The third-order valence-corrected chi connectivity index (χ3v) is 4.04. The van der Waals surface area contributed by atoms with E-state index in [4.69, 9.17) is 17.4 Å². The zero-order valence-electron chi connectivity index (χ0n) is 10.0. The van der Waals surface area contributed by atoms with E-state index in [1.807, 2.05) is 4.57 Å². The molecule has 2 aromatic rings. The second kappa shape index (κ2) is 4.83. The Kier molecular flexibility index (Phi) is 3.56. The molecule has 0 amide bonds. The van der Waals surface area contributed by atoms with Gasteiger partial charge in [0.1, 0.15) is 0 Å². The van der Waals surface area contributed by atoms with E-state index >= 15 is 0 Å². The molecule has 0 fully saturated rings. The van der Waals surface area contributed by atoms with Crippen molar-refractivity contribution >= 4 is 33.3 Å². The van der Waals surface area contributed by atoms with Crippen LogP contribution in [0, 0.1) is 4.77 Å². The van der Waals surface area contributed by atoms with Crippen LogP contribution in [0.5, 0.6) is 0 Å². The van der Waals surface area contributed by atoms with Crippen LogP contribution in [-0.2, 0) is 16.6 Å². The van der Waals surface area contributed by atoms with E-state index in [1.165, 1.54) is 12.1 Å². The number of hydrogen-bond donors (Lipinski definition) is 2. The Hall–Kier alpha value is -1.18. The number of primary sulfonamides is 1. The molecular formula is C11H15N3O2S2. The average Bonchev–Trinajstić information content (AvgIpc) is 2.60. The van der Waals surface area contributed by atoms with Crippen LogP contribution in [0.2, 0.25) is 0 Å². The fourth-order valence-electron chi connectivity index (χ4n) is 1.86. The summed E-state index contributed by atoms with van der Waals surface area (Å²) in [6.45, 7) is 2.93. The summed E-state index contributed by atoms with van der Waals surface area (Å²) in [4.78, 5) is 3.10. The van der Waals surface area contributed by atoms with E-state index in [1.54, 1.807) is 6.07 Å². The third kappa shape index (κ3) is 2.47. The Balaban J connectivity index is 2.58. The molecule has 1 heterocycles. The van der Waals surface area contributed by atoms with Crippen molar-refractivity contribution in [1.82, 2.24) is 9.55 Å². The highest BCUT2D eigenvalue weighted by molar-refractivity contribution is 7.89. The summed E-state index contributed by atoms with van der Waals surface area (Å²) in [6, 6.07) is 4.75. The lowest BCUT2D eigenvalue weighted by Gasteiger charge is -2.03. The molecule has 0 aliphatic heterocycles. The van der Waals surface area contributed by atoms with Crippen LogP contribution >= 0.6 is 12.2 Å².